The third kappa shape index (κ3) is 3.93. The fraction of sp³-hybridized carbons (Fsp3) is 0.471. The number of sulfonamides is 1. The number of anilines is 1. The van der Waals surface area contributed by atoms with Crippen LogP contribution < -0.4 is 4.72 Å². The second-order valence-electron chi connectivity index (χ2n) is 7.60. The quantitative estimate of drug-likeness (QED) is 0.854. The average Bonchev–Trinajstić information content (AvgIpc) is 3.12. The van der Waals surface area contributed by atoms with E-state index in [0.717, 1.165) is 5.56 Å². The van der Waals surface area contributed by atoms with Crippen molar-refractivity contribution in [1.82, 2.24) is 9.78 Å². The number of benzene rings is 1. The van der Waals surface area contributed by atoms with Gasteiger partial charge in [-0.2, -0.15) is 5.10 Å². The molecule has 3 rings (SSSR count). The molecule has 0 amide bonds. The van der Waals surface area contributed by atoms with E-state index in [0.29, 0.717) is 6.42 Å². The molecule has 0 spiro atoms. The van der Waals surface area contributed by atoms with Gasteiger partial charge in [0.05, 0.1) is 28.6 Å². The summed E-state index contributed by atoms with van der Waals surface area (Å²) in [4.78, 5) is 0.150. The average molecular weight is 398 g/mol. The first-order valence-electron chi connectivity index (χ1n) is 8.35. The topological polar surface area (TPSA) is 98.1 Å². The van der Waals surface area contributed by atoms with Gasteiger partial charge in [-0.25, -0.2) is 21.5 Å². The molecule has 2 heterocycles. The monoisotopic (exact) mass is 397 g/mol. The van der Waals surface area contributed by atoms with Crippen LogP contribution in [-0.2, 0) is 25.3 Å². The molecule has 1 atom stereocenters. The van der Waals surface area contributed by atoms with Crippen LogP contribution >= 0.6 is 0 Å². The lowest BCUT2D eigenvalue weighted by Gasteiger charge is -2.19. The summed E-state index contributed by atoms with van der Waals surface area (Å²) in [5, 5.41) is 4.11. The van der Waals surface area contributed by atoms with Crippen LogP contribution in [0.1, 0.15) is 38.8 Å². The van der Waals surface area contributed by atoms with Gasteiger partial charge in [-0.1, -0.05) is 32.9 Å². The molecule has 0 radical (unpaired) electrons. The maximum Gasteiger partial charge on any atom is 0.263 e. The van der Waals surface area contributed by atoms with Crippen LogP contribution in [0.4, 0.5) is 5.82 Å². The van der Waals surface area contributed by atoms with Crippen molar-refractivity contribution in [3.63, 3.8) is 0 Å². The molecule has 1 aliphatic heterocycles. The summed E-state index contributed by atoms with van der Waals surface area (Å²) in [7, 11) is -6.88. The van der Waals surface area contributed by atoms with E-state index in [1.807, 2.05) is 0 Å². The minimum Gasteiger partial charge on any atom is -0.264 e. The smallest absolute Gasteiger partial charge is 0.263 e. The van der Waals surface area contributed by atoms with Crippen LogP contribution in [0.5, 0.6) is 0 Å². The fourth-order valence-corrected chi connectivity index (χ4v) is 5.73. The summed E-state index contributed by atoms with van der Waals surface area (Å²) in [5.41, 5.74) is 0.972. The molecule has 0 bridgehead atoms. The Labute approximate surface area is 154 Å². The molecular formula is C17H23N3O4S2. The maximum absolute atomic E-state index is 12.7. The number of nitrogens with zero attached hydrogens (tertiary/aromatic N) is 2. The number of hydrogen-bond acceptors (Lipinski definition) is 5. The van der Waals surface area contributed by atoms with Crippen LogP contribution in [0, 0.1) is 0 Å². The van der Waals surface area contributed by atoms with Gasteiger partial charge in [0, 0.05) is 6.07 Å². The highest BCUT2D eigenvalue weighted by Gasteiger charge is 2.31. The van der Waals surface area contributed by atoms with Crippen LogP contribution in [0.15, 0.2) is 41.4 Å². The Morgan fingerprint density at radius 1 is 1.15 bits per heavy atom. The first kappa shape index (κ1) is 18.9. The minimum atomic E-state index is -3.79. The third-order valence-corrected chi connectivity index (χ3v) is 7.62. The van der Waals surface area contributed by atoms with Crippen molar-refractivity contribution in [2.75, 3.05) is 16.2 Å². The predicted octanol–water partition coefficient (Wildman–Crippen LogP) is 2.34. The van der Waals surface area contributed by atoms with Crippen LogP contribution in [0.25, 0.3) is 0 Å². The molecule has 26 heavy (non-hydrogen) atoms. The number of hydrogen-bond donors (Lipinski definition) is 1. The molecule has 0 saturated carbocycles. The molecule has 1 N–H and O–H groups in total. The normalized spacial score (nSPS) is 20.2. The lowest BCUT2D eigenvalue weighted by atomic mass is 9.87. The van der Waals surface area contributed by atoms with E-state index in [1.54, 1.807) is 24.3 Å². The SMILES string of the molecule is CC(C)(C)c1ccc(S(=O)(=O)Nc2ccnn2[C@@H]2CCS(=O)(=O)C2)cc1. The zero-order valence-electron chi connectivity index (χ0n) is 15.0. The molecule has 1 aromatic heterocycles. The number of aromatic nitrogens is 2. The Kier molecular flexibility index (Phi) is 4.64. The maximum atomic E-state index is 12.7. The highest BCUT2D eigenvalue weighted by atomic mass is 32.2. The zero-order valence-corrected chi connectivity index (χ0v) is 16.6. The van der Waals surface area contributed by atoms with Gasteiger partial charge >= 0.3 is 0 Å². The molecule has 1 aliphatic rings. The van der Waals surface area contributed by atoms with Gasteiger partial charge < -0.3 is 0 Å². The highest BCUT2D eigenvalue weighted by molar-refractivity contribution is 7.92. The molecule has 1 fully saturated rings. The molecule has 9 heteroatoms. The molecular weight excluding hydrogens is 374 g/mol. The Morgan fingerprint density at radius 3 is 2.35 bits per heavy atom. The van der Waals surface area contributed by atoms with Gasteiger partial charge in [-0.3, -0.25) is 4.72 Å². The van der Waals surface area contributed by atoms with Crippen molar-refractivity contribution < 1.29 is 16.8 Å². The molecule has 142 valence electrons. The Hall–Kier alpha value is -1.87. The number of rotatable bonds is 4. The van der Waals surface area contributed by atoms with Crippen molar-refractivity contribution in [2.24, 2.45) is 0 Å². The Bertz CT molecular complexity index is 1000. The first-order valence-corrected chi connectivity index (χ1v) is 11.7. The summed E-state index contributed by atoms with van der Waals surface area (Å²) in [6, 6.07) is 7.93. The second kappa shape index (κ2) is 6.38. The molecule has 1 aromatic carbocycles. The first-order chi connectivity index (χ1) is 12.0. The zero-order chi connectivity index (χ0) is 19.2. The van der Waals surface area contributed by atoms with Crippen LogP contribution in [0.2, 0.25) is 0 Å². The van der Waals surface area contributed by atoms with E-state index in [2.05, 4.69) is 30.6 Å². The van der Waals surface area contributed by atoms with Crippen molar-refractivity contribution in [3.8, 4) is 0 Å². The molecule has 2 aromatic rings. The molecule has 7 nitrogen and oxygen atoms in total. The lowest BCUT2D eigenvalue weighted by molar-refractivity contribution is 0.506. The largest absolute Gasteiger partial charge is 0.264 e. The second-order valence-corrected chi connectivity index (χ2v) is 11.5. The summed E-state index contributed by atoms with van der Waals surface area (Å²) in [6.07, 6.45) is 1.89. The van der Waals surface area contributed by atoms with E-state index >= 15 is 0 Å². The standard InChI is InChI=1S/C17H23N3O4S2/c1-17(2,3)13-4-6-15(7-5-13)26(23,24)19-16-8-10-18-20(16)14-9-11-25(21,22)12-14/h4-8,10,14,19H,9,11-12H2,1-3H3/t14-/m1/s1. The Morgan fingerprint density at radius 2 is 1.81 bits per heavy atom. The van der Waals surface area contributed by atoms with Gasteiger partial charge in [0.2, 0.25) is 0 Å². The van der Waals surface area contributed by atoms with E-state index in [4.69, 9.17) is 0 Å². The van der Waals surface area contributed by atoms with Crippen LogP contribution in [0.3, 0.4) is 0 Å². The van der Waals surface area contributed by atoms with Gasteiger partial charge in [0.25, 0.3) is 10.0 Å². The van der Waals surface area contributed by atoms with Gasteiger partial charge in [0.1, 0.15) is 5.82 Å². The molecule has 0 unspecified atom stereocenters. The Balaban J connectivity index is 1.84. The van der Waals surface area contributed by atoms with E-state index in [1.165, 1.54) is 16.9 Å². The van der Waals surface area contributed by atoms with Crippen molar-refractivity contribution in [3.05, 3.63) is 42.1 Å². The van der Waals surface area contributed by atoms with Gasteiger partial charge in [-0.05, 0) is 29.5 Å². The van der Waals surface area contributed by atoms with Gasteiger partial charge in [-0.15, -0.1) is 0 Å². The third-order valence-electron chi connectivity index (χ3n) is 4.49. The van der Waals surface area contributed by atoms with Crippen molar-refractivity contribution in [1.29, 1.82) is 0 Å². The van der Waals surface area contributed by atoms with Gasteiger partial charge in [0.15, 0.2) is 9.84 Å². The summed E-state index contributed by atoms with van der Waals surface area (Å²) in [5.74, 6) is 0.341. The molecule has 0 aliphatic carbocycles. The molecule has 1 saturated heterocycles. The lowest BCUT2D eigenvalue weighted by Crippen LogP contribution is -2.20. The van der Waals surface area contributed by atoms with E-state index < -0.39 is 19.9 Å². The summed E-state index contributed by atoms with van der Waals surface area (Å²) >= 11 is 0. The van der Waals surface area contributed by atoms with E-state index in [-0.39, 0.29) is 33.7 Å². The van der Waals surface area contributed by atoms with E-state index in [9.17, 15) is 16.8 Å². The highest BCUT2D eigenvalue weighted by Crippen LogP contribution is 2.28. The van der Waals surface area contributed by atoms with Crippen molar-refractivity contribution >= 4 is 25.7 Å². The van der Waals surface area contributed by atoms with Crippen molar-refractivity contribution in [2.45, 2.75) is 43.5 Å². The fourth-order valence-electron chi connectivity index (χ4n) is 2.99. The number of sulfone groups is 1. The number of nitrogens with one attached hydrogen (secondary N) is 1. The predicted molar refractivity (Wildman–Crippen MR) is 100 cm³/mol. The summed E-state index contributed by atoms with van der Waals surface area (Å²) in [6.45, 7) is 6.18. The van der Waals surface area contributed by atoms with Crippen LogP contribution in [-0.4, -0.2) is 38.1 Å². The minimum absolute atomic E-state index is 0.0241. The summed E-state index contributed by atoms with van der Waals surface area (Å²) < 4.78 is 52.7.